The van der Waals surface area contributed by atoms with Crippen LogP contribution in [-0.2, 0) is 4.79 Å². The molecule has 5 heteroatoms. The quantitative estimate of drug-likeness (QED) is 0.0608. The average Bonchev–Trinajstić information content (AvgIpc) is 2.96. The van der Waals surface area contributed by atoms with Gasteiger partial charge >= 0.3 is 0 Å². The highest BCUT2D eigenvalue weighted by Crippen LogP contribution is 2.16. The summed E-state index contributed by atoms with van der Waals surface area (Å²) < 4.78 is 0. The number of rotatable bonds is 32. The van der Waals surface area contributed by atoms with E-state index in [0.717, 1.165) is 32.1 Å². The predicted octanol–water partition coefficient (Wildman–Crippen LogP) is 9.15. The highest BCUT2D eigenvalue weighted by atomic mass is 16.3. The molecule has 0 bridgehead atoms. The van der Waals surface area contributed by atoms with E-state index in [9.17, 15) is 20.1 Å². The van der Waals surface area contributed by atoms with Gasteiger partial charge in [0.25, 0.3) is 0 Å². The summed E-state index contributed by atoms with van der Waals surface area (Å²) in [5, 5.41) is 33.0. The fraction of sp³-hybridized carbons (Fsp3) is 0.971. The minimum Gasteiger partial charge on any atom is -0.394 e. The molecule has 0 aliphatic rings. The van der Waals surface area contributed by atoms with Gasteiger partial charge in [-0.25, -0.2) is 0 Å². The summed E-state index contributed by atoms with van der Waals surface area (Å²) in [5.74, 6) is -0.471. The van der Waals surface area contributed by atoms with Crippen LogP contribution in [-0.4, -0.2) is 46.1 Å². The van der Waals surface area contributed by atoms with Crippen LogP contribution in [0, 0.1) is 0 Å². The summed E-state index contributed by atoms with van der Waals surface area (Å²) in [4.78, 5) is 12.4. The van der Waals surface area contributed by atoms with Crippen LogP contribution in [0.4, 0.5) is 0 Å². The van der Waals surface area contributed by atoms with Crippen molar-refractivity contribution in [3.8, 4) is 0 Å². The Morgan fingerprint density at radius 2 is 0.800 bits per heavy atom. The zero-order valence-electron chi connectivity index (χ0n) is 27.0. The van der Waals surface area contributed by atoms with E-state index < -0.39 is 24.2 Å². The number of amides is 1. The zero-order chi connectivity index (χ0) is 29.5. The van der Waals surface area contributed by atoms with E-state index in [1.165, 1.54) is 135 Å². The molecule has 0 aliphatic heterocycles. The van der Waals surface area contributed by atoms with E-state index in [1.807, 2.05) is 0 Å². The van der Waals surface area contributed by atoms with E-state index in [1.54, 1.807) is 0 Å². The van der Waals surface area contributed by atoms with Gasteiger partial charge in [-0.2, -0.15) is 0 Å². The van der Waals surface area contributed by atoms with Crippen molar-refractivity contribution in [3.63, 3.8) is 0 Å². The molecule has 0 radical (unpaired) electrons. The lowest BCUT2D eigenvalue weighted by Crippen LogP contribution is -2.49. The maximum Gasteiger partial charge on any atom is 0.249 e. The second-order valence-corrected chi connectivity index (χ2v) is 12.4. The monoisotopic (exact) mass is 570 g/mol. The molecule has 3 atom stereocenters. The molecule has 0 aromatic heterocycles. The number of unbranched alkanes of at least 4 members (excludes halogenated alkanes) is 24. The Bertz CT molecular complexity index is 516. The van der Waals surface area contributed by atoms with Gasteiger partial charge < -0.3 is 20.6 Å². The van der Waals surface area contributed by atoms with Gasteiger partial charge in [-0.05, 0) is 12.8 Å². The second-order valence-electron chi connectivity index (χ2n) is 12.4. The summed E-state index contributed by atoms with van der Waals surface area (Å²) in [6.45, 7) is 4.21. The molecule has 4 N–H and O–H groups in total. The number of carbonyl (C=O) groups excluding carboxylic acids is 1. The van der Waals surface area contributed by atoms with Crippen molar-refractivity contribution in [2.75, 3.05) is 6.61 Å². The van der Waals surface area contributed by atoms with E-state index in [2.05, 4.69) is 19.2 Å². The minimum absolute atomic E-state index is 0.309. The fourth-order valence-corrected chi connectivity index (χ4v) is 5.60. The standard InChI is InChI=1S/C35H71NO4/c1-3-5-7-9-11-13-15-16-17-18-20-21-23-25-27-29-33(38)32(31-37)36-35(40)34(39)30-28-26-24-22-19-14-12-10-8-6-4-2/h32-34,37-39H,3-31H2,1-2H3,(H,36,40). The number of aliphatic hydroxyl groups is 3. The van der Waals surface area contributed by atoms with Gasteiger partial charge in [0, 0.05) is 0 Å². The average molecular weight is 570 g/mol. The second kappa shape index (κ2) is 31.3. The third-order valence-electron chi connectivity index (χ3n) is 8.48. The van der Waals surface area contributed by atoms with Gasteiger partial charge in [-0.1, -0.05) is 181 Å². The van der Waals surface area contributed by atoms with Crippen molar-refractivity contribution in [3.05, 3.63) is 0 Å². The van der Waals surface area contributed by atoms with Crippen molar-refractivity contribution >= 4 is 5.91 Å². The number of hydrogen-bond donors (Lipinski definition) is 4. The van der Waals surface area contributed by atoms with Crippen LogP contribution in [0.1, 0.15) is 194 Å². The first-order valence-corrected chi connectivity index (χ1v) is 17.8. The number of aliphatic hydroxyl groups excluding tert-OH is 3. The van der Waals surface area contributed by atoms with E-state index in [4.69, 9.17) is 0 Å². The van der Waals surface area contributed by atoms with Crippen LogP contribution in [0.5, 0.6) is 0 Å². The largest absolute Gasteiger partial charge is 0.394 e. The van der Waals surface area contributed by atoms with Crippen molar-refractivity contribution in [1.29, 1.82) is 0 Å². The molecule has 0 heterocycles. The fourth-order valence-electron chi connectivity index (χ4n) is 5.60. The SMILES string of the molecule is CCCCCCCCCCCCCCCCCC(O)C(CO)NC(=O)C(O)CCCCCCCCCCCCC. The summed E-state index contributed by atoms with van der Waals surface area (Å²) in [6, 6.07) is -0.703. The molecule has 0 saturated carbocycles. The molecule has 0 aromatic carbocycles. The maximum absolute atomic E-state index is 12.4. The van der Waals surface area contributed by atoms with Gasteiger partial charge in [-0.3, -0.25) is 4.79 Å². The van der Waals surface area contributed by atoms with Gasteiger partial charge in [-0.15, -0.1) is 0 Å². The van der Waals surface area contributed by atoms with Gasteiger partial charge in [0.15, 0.2) is 0 Å². The molecule has 5 nitrogen and oxygen atoms in total. The Morgan fingerprint density at radius 3 is 1.12 bits per heavy atom. The number of carbonyl (C=O) groups is 1. The molecule has 1 amide bonds. The van der Waals surface area contributed by atoms with Gasteiger partial charge in [0.05, 0.1) is 18.8 Å². The normalized spacial score (nSPS) is 13.8. The highest BCUT2D eigenvalue weighted by molar-refractivity contribution is 5.80. The molecule has 40 heavy (non-hydrogen) atoms. The van der Waals surface area contributed by atoms with Crippen molar-refractivity contribution < 1.29 is 20.1 Å². The maximum atomic E-state index is 12.4. The summed E-state index contributed by atoms with van der Waals surface area (Å²) in [5.41, 5.74) is 0. The van der Waals surface area contributed by atoms with Crippen LogP contribution in [0.2, 0.25) is 0 Å². The zero-order valence-corrected chi connectivity index (χ0v) is 27.0. The Balaban J connectivity index is 3.67. The number of nitrogens with one attached hydrogen (secondary N) is 1. The lowest BCUT2D eigenvalue weighted by atomic mass is 10.0. The van der Waals surface area contributed by atoms with Gasteiger partial charge in [0.1, 0.15) is 6.10 Å². The van der Waals surface area contributed by atoms with Crippen molar-refractivity contribution in [2.24, 2.45) is 0 Å². The van der Waals surface area contributed by atoms with Crippen LogP contribution in [0.25, 0.3) is 0 Å². The molecule has 0 rings (SSSR count). The smallest absolute Gasteiger partial charge is 0.249 e. The molecular formula is C35H71NO4. The Kier molecular flexibility index (Phi) is 30.8. The Hall–Kier alpha value is -0.650. The van der Waals surface area contributed by atoms with Crippen LogP contribution < -0.4 is 5.32 Å². The number of hydrogen-bond acceptors (Lipinski definition) is 4. The first-order chi connectivity index (χ1) is 19.6. The molecule has 3 unspecified atom stereocenters. The third-order valence-corrected chi connectivity index (χ3v) is 8.48. The van der Waals surface area contributed by atoms with Crippen LogP contribution in [0.3, 0.4) is 0 Å². The van der Waals surface area contributed by atoms with E-state index in [-0.39, 0.29) is 6.61 Å². The third kappa shape index (κ3) is 26.3. The summed E-state index contributed by atoms with van der Waals surface area (Å²) in [7, 11) is 0. The minimum atomic E-state index is -1.06. The predicted molar refractivity (Wildman–Crippen MR) is 172 cm³/mol. The van der Waals surface area contributed by atoms with Crippen LogP contribution >= 0.6 is 0 Å². The first-order valence-electron chi connectivity index (χ1n) is 17.8. The first kappa shape index (κ1) is 39.4. The lowest BCUT2D eigenvalue weighted by molar-refractivity contribution is -0.131. The lowest BCUT2D eigenvalue weighted by Gasteiger charge is -2.23. The summed E-state index contributed by atoms with van der Waals surface area (Å²) >= 11 is 0. The Labute approximate surface area is 249 Å². The molecule has 0 aromatic rings. The molecular weight excluding hydrogens is 498 g/mol. The Morgan fingerprint density at radius 1 is 0.500 bits per heavy atom. The van der Waals surface area contributed by atoms with Crippen molar-refractivity contribution in [2.45, 2.75) is 212 Å². The molecule has 0 fully saturated rings. The van der Waals surface area contributed by atoms with E-state index >= 15 is 0 Å². The van der Waals surface area contributed by atoms with Crippen molar-refractivity contribution in [1.82, 2.24) is 5.32 Å². The van der Waals surface area contributed by atoms with Gasteiger partial charge in [0.2, 0.25) is 5.91 Å². The molecule has 0 spiro atoms. The topological polar surface area (TPSA) is 89.8 Å². The highest BCUT2D eigenvalue weighted by Gasteiger charge is 2.23. The molecule has 0 aliphatic carbocycles. The molecule has 240 valence electrons. The van der Waals surface area contributed by atoms with E-state index in [0.29, 0.717) is 12.8 Å². The molecule has 0 saturated heterocycles. The van der Waals surface area contributed by atoms with Crippen LogP contribution in [0.15, 0.2) is 0 Å². The summed E-state index contributed by atoms with van der Waals surface area (Å²) in [6.07, 6.45) is 32.2.